The molecule has 1 aliphatic heterocycles. The fourth-order valence-corrected chi connectivity index (χ4v) is 2.31. The molecule has 0 bridgehead atoms. The number of non-ortho nitro benzene ring substituents is 1. The van der Waals surface area contributed by atoms with Gasteiger partial charge in [0, 0.05) is 25.8 Å². The predicted molar refractivity (Wildman–Crippen MR) is 74.9 cm³/mol. The third-order valence-electron chi connectivity index (χ3n) is 3.37. The Kier molecular flexibility index (Phi) is 5.31. The Bertz CT molecular complexity index is 458. The monoisotopic (exact) mass is 280 g/mol. The zero-order valence-corrected chi connectivity index (χ0v) is 11.6. The van der Waals surface area contributed by atoms with Gasteiger partial charge < -0.3 is 14.8 Å². The van der Waals surface area contributed by atoms with Crippen molar-refractivity contribution in [2.45, 2.75) is 31.9 Å². The van der Waals surface area contributed by atoms with Crippen molar-refractivity contribution in [2.75, 3.05) is 20.3 Å². The highest BCUT2D eigenvalue weighted by Gasteiger charge is 2.14. The molecule has 1 heterocycles. The number of methoxy groups -OCH3 is 1. The van der Waals surface area contributed by atoms with Crippen LogP contribution in [0.3, 0.4) is 0 Å². The smallest absolute Gasteiger partial charge is 0.273 e. The number of ether oxygens (including phenoxy) is 2. The van der Waals surface area contributed by atoms with Gasteiger partial charge in [0.15, 0.2) is 0 Å². The summed E-state index contributed by atoms with van der Waals surface area (Å²) in [6.45, 7) is 2.17. The molecule has 0 aromatic heterocycles. The second kappa shape index (κ2) is 7.21. The summed E-state index contributed by atoms with van der Waals surface area (Å²) < 4.78 is 10.7. The number of hydrogen-bond donors (Lipinski definition) is 1. The van der Waals surface area contributed by atoms with Gasteiger partial charge in [-0.1, -0.05) is 0 Å². The number of benzene rings is 1. The van der Waals surface area contributed by atoms with Crippen molar-refractivity contribution in [2.24, 2.45) is 0 Å². The SMILES string of the molecule is COc1cc(CNCC2CCCCO2)cc([N+](=O)[O-])c1. The zero-order chi connectivity index (χ0) is 14.4. The van der Waals surface area contributed by atoms with Crippen LogP contribution in [0.5, 0.6) is 5.75 Å². The summed E-state index contributed by atoms with van der Waals surface area (Å²) in [7, 11) is 1.51. The third-order valence-corrected chi connectivity index (χ3v) is 3.37. The van der Waals surface area contributed by atoms with Crippen LogP contribution in [0.25, 0.3) is 0 Å². The number of nitrogens with zero attached hydrogens (tertiary/aromatic N) is 1. The molecule has 0 amide bonds. The molecule has 0 aliphatic carbocycles. The standard InChI is InChI=1S/C14H20N2O4/c1-19-14-7-11(6-12(8-14)16(17)18)9-15-10-13-4-2-3-5-20-13/h6-8,13,15H,2-5,9-10H2,1H3. The van der Waals surface area contributed by atoms with E-state index in [1.165, 1.54) is 19.6 Å². The van der Waals surface area contributed by atoms with E-state index >= 15 is 0 Å². The Balaban J connectivity index is 1.91. The summed E-state index contributed by atoms with van der Waals surface area (Å²) in [4.78, 5) is 10.4. The second-order valence-corrected chi connectivity index (χ2v) is 4.92. The van der Waals surface area contributed by atoms with E-state index in [4.69, 9.17) is 9.47 Å². The van der Waals surface area contributed by atoms with Crippen LogP contribution in [0, 0.1) is 10.1 Å². The molecule has 1 N–H and O–H groups in total. The molecule has 0 spiro atoms. The van der Waals surface area contributed by atoms with Crippen LogP contribution in [0.1, 0.15) is 24.8 Å². The van der Waals surface area contributed by atoms with Gasteiger partial charge in [0.05, 0.1) is 24.2 Å². The molecule has 1 saturated heterocycles. The summed E-state index contributed by atoms with van der Waals surface area (Å²) in [6.07, 6.45) is 3.67. The van der Waals surface area contributed by atoms with Gasteiger partial charge in [-0.3, -0.25) is 10.1 Å². The maximum atomic E-state index is 10.9. The minimum atomic E-state index is -0.406. The quantitative estimate of drug-likeness (QED) is 0.639. The summed E-state index contributed by atoms with van der Waals surface area (Å²) in [6, 6.07) is 4.80. The first-order chi connectivity index (χ1) is 9.69. The molecule has 0 saturated carbocycles. The van der Waals surface area contributed by atoms with Gasteiger partial charge in [-0.05, 0) is 30.9 Å². The Morgan fingerprint density at radius 1 is 1.45 bits per heavy atom. The molecule has 6 nitrogen and oxygen atoms in total. The third kappa shape index (κ3) is 4.18. The lowest BCUT2D eigenvalue weighted by Crippen LogP contribution is -2.31. The second-order valence-electron chi connectivity index (χ2n) is 4.92. The van der Waals surface area contributed by atoms with E-state index in [-0.39, 0.29) is 11.8 Å². The fourth-order valence-electron chi connectivity index (χ4n) is 2.31. The van der Waals surface area contributed by atoms with Gasteiger partial charge in [-0.2, -0.15) is 0 Å². The molecular weight excluding hydrogens is 260 g/mol. The Hall–Kier alpha value is -1.66. The van der Waals surface area contributed by atoms with E-state index in [1.807, 2.05) is 6.07 Å². The van der Waals surface area contributed by atoms with E-state index in [0.717, 1.165) is 31.6 Å². The largest absolute Gasteiger partial charge is 0.496 e. The van der Waals surface area contributed by atoms with E-state index in [0.29, 0.717) is 12.3 Å². The maximum absolute atomic E-state index is 10.9. The number of nitro benzene ring substituents is 1. The normalized spacial score (nSPS) is 18.8. The molecule has 20 heavy (non-hydrogen) atoms. The Morgan fingerprint density at radius 3 is 2.95 bits per heavy atom. The van der Waals surface area contributed by atoms with Crippen LogP contribution in [-0.2, 0) is 11.3 Å². The first kappa shape index (κ1) is 14.7. The molecule has 1 fully saturated rings. The lowest BCUT2D eigenvalue weighted by Gasteiger charge is -2.22. The van der Waals surface area contributed by atoms with Crippen LogP contribution in [0.4, 0.5) is 5.69 Å². The van der Waals surface area contributed by atoms with Gasteiger partial charge in [0.25, 0.3) is 5.69 Å². The van der Waals surface area contributed by atoms with E-state index in [2.05, 4.69) is 5.32 Å². The predicted octanol–water partition coefficient (Wildman–Crippen LogP) is 2.26. The lowest BCUT2D eigenvalue weighted by atomic mass is 10.1. The van der Waals surface area contributed by atoms with Crippen molar-refractivity contribution in [1.82, 2.24) is 5.32 Å². The van der Waals surface area contributed by atoms with Crippen molar-refractivity contribution in [3.05, 3.63) is 33.9 Å². The summed E-state index contributed by atoms with van der Waals surface area (Å²) in [5.41, 5.74) is 0.891. The summed E-state index contributed by atoms with van der Waals surface area (Å²) in [5, 5.41) is 14.1. The minimum Gasteiger partial charge on any atom is -0.496 e. The van der Waals surface area contributed by atoms with Crippen LogP contribution in [0.2, 0.25) is 0 Å². The lowest BCUT2D eigenvalue weighted by molar-refractivity contribution is -0.385. The molecule has 1 aromatic rings. The zero-order valence-electron chi connectivity index (χ0n) is 11.6. The molecule has 2 rings (SSSR count). The van der Waals surface area contributed by atoms with Crippen LogP contribution in [-0.4, -0.2) is 31.3 Å². The number of nitro groups is 1. The minimum absolute atomic E-state index is 0.0510. The topological polar surface area (TPSA) is 73.6 Å². The molecule has 1 atom stereocenters. The van der Waals surface area contributed by atoms with E-state index < -0.39 is 4.92 Å². The van der Waals surface area contributed by atoms with Crippen LogP contribution >= 0.6 is 0 Å². The molecule has 1 aromatic carbocycles. The number of rotatable bonds is 6. The van der Waals surface area contributed by atoms with Gasteiger partial charge in [0.1, 0.15) is 5.75 Å². The molecule has 6 heteroatoms. The summed E-state index contributed by atoms with van der Waals surface area (Å²) >= 11 is 0. The Morgan fingerprint density at radius 2 is 2.30 bits per heavy atom. The van der Waals surface area contributed by atoms with E-state index in [1.54, 1.807) is 6.07 Å². The fraction of sp³-hybridized carbons (Fsp3) is 0.571. The van der Waals surface area contributed by atoms with Gasteiger partial charge >= 0.3 is 0 Å². The first-order valence-corrected chi connectivity index (χ1v) is 6.83. The first-order valence-electron chi connectivity index (χ1n) is 6.83. The van der Waals surface area contributed by atoms with Crippen molar-refractivity contribution >= 4 is 5.69 Å². The molecule has 1 aliphatic rings. The van der Waals surface area contributed by atoms with Gasteiger partial charge in [-0.15, -0.1) is 0 Å². The van der Waals surface area contributed by atoms with Gasteiger partial charge in [-0.25, -0.2) is 0 Å². The van der Waals surface area contributed by atoms with Crippen molar-refractivity contribution < 1.29 is 14.4 Å². The average molecular weight is 280 g/mol. The average Bonchev–Trinajstić information content (AvgIpc) is 2.48. The van der Waals surface area contributed by atoms with Crippen molar-refractivity contribution in [3.63, 3.8) is 0 Å². The van der Waals surface area contributed by atoms with Crippen molar-refractivity contribution in [1.29, 1.82) is 0 Å². The molecule has 1 unspecified atom stereocenters. The summed E-state index contributed by atoms with van der Waals surface area (Å²) in [5.74, 6) is 0.505. The number of nitrogens with one attached hydrogen (secondary N) is 1. The molecule has 110 valence electrons. The van der Waals surface area contributed by atoms with Crippen LogP contribution in [0.15, 0.2) is 18.2 Å². The number of hydrogen-bond acceptors (Lipinski definition) is 5. The van der Waals surface area contributed by atoms with Crippen molar-refractivity contribution in [3.8, 4) is 5.75 Å². The van der Waals surface area contributed by atoms with Crippen LogP contribution < -0.4 is 10.1 Å². The van der Waals surface area contributed by atoms with E-state index in [9.17, 15) is 10.1 Å². The highest BCUT2D eigenvalue weighted by molar-refractivity contribution is 5.42. The highest BCUT2D eigenvalue weighted by Crippen LogP contribution is 2.22. The molecular formula is C14H20N2O4. The Labute approximate surface area is 118 Å². The molecule has 0 radical (unpaired) electrons. The maximum Gasteiger partial charge on any atom is 0.273 e. The highest BCUT2D eigenvalue weighted by atomic mass is 16.6. The van der Waals surface area contributed by atoms with Gasteiger partial charge in [0.2, 0.25) is 0 Å².